The van der Waals surface area contributed by atoms with Gasteiger partial charge in [-0.05, 0) is 68.6 Å². The smallest absolute Gasteiger partial charge is 0.141 e. The predicted octanol–water partition coefficient (Wildman–Crippen LogP) is 7.39. The number of benzene rings is 4. The van der Waals surface area contributed by atoms with Crippen molar-refractivity contribution in [3.05, 3.63) is 139 Å². The molecular weight excluding hydrogens is 552 g/mol. The maximum Gasteiger partial charge on any atom is 0.141 e. The number of hydrogen-bond acceptors (Lipinski definition) is 2. The van der Waals surface area contributed by atoms with Crippen LogP contribution in [0, 0.1) is 0 Å². The van der Waals surface area contributed by atoms with Crippen LogP contribution >= 0.6 is 31.9 Å². The molecule has 1 aliphatic carbocycles. The molecule has 2 unspecified atom stereocenters. The summed E-state index contributed by atoms with van der Waals surface area (Å²) in [7, 11) is 0. The van der Waals surface area contributed by atoms with Gasteiger partial charge in [0.1, 0.15) is 11.2 Å². The summed E-state index contributed by atoms with van der Waals surface area (Å²) in [6.07, 6.45) is 0. The maximum absolute atomic E-state index is 12.6. The van der Waals surface area contributed by atoms with Crippen LogP contribution in [0.15, 0.2) is 99.9 Å². The van der Waals surface area contributed by atoms with E-state index in [4.69, 9.17) is 0 Å². The van der Waals surface area contributed by atoms with Crippen LogP contribution in [-0.2, 0) is 16.6 Å². The van der Waals surface area contributed by atoms with Gasteiger partial charge in [-0.15, -0.1) is 0 Å². The molecule has 2 N–H and O–H groups in total. The topological polar surface area (TPSA) is 40.5 Å². The van der Waals surface area contributed by atoms with E-state index < -0.39 is 11.2 Å². The number of rotatable bonds is 2. The number of aliphatic hydroxyl groups is 2. The molecule has 1 aliphatic rings. The van der Waals surface area contributed by atoms with E-state index in [0.717, 1.165) is 25.6 Å². The van der Waals surface area contributed by atoms with Gasteiger partial charge in [0.15, 0.2) is 0 Å². The first-order valence-electron chi connectivity index (χ1n) is 11.3. The maximum atomic E-state index is 12.6. The fourth-order valence-corrected chi connectivity index (χ4v) is 5.56. The number of halogens is 2. The van der Waals surface area contributed by atoms with Crippen molar-refractivity contribution >= 4 is 31.9 Å². The molecular formula is C30H26Br2O2. The lowest BCUT2D eigenvalue weighted by atomic mass is 9.63. The Morgan fingerprint density at radius 2 is 0.971 bits per heavy atom. The molecule has 0 spiro atoms. The van der Waals surface area contributed by atoms with Gasteiger partial charge in [0.05, 0.1) is 0 Å². The van der Waals surface area contributed by atoms with Gasteiger partial charge in [0.25, 0.3) is 0 Å². The fourth-order valence-electron chi connectivity index (χ4n) is 5.03. The monoisotopic (exact) mass is 576 g/mol. The second-order valence-electron chi connectivity index (χ2n) is 9.99. The van der Waals surface area contributed by atoms with E-state index in [1.807, 2.05) is 78.9 Å². The normalized spacial score (nSPS) is 21.6. The summed E-state index contributed by atoms with van der Waals surface area (Å²) in [6.45, 7) is 6.47. The molecule has 0 bridgehead atoms. The molecule has 0 saturated carbocycles. The molecule has 0 radical (unpaired) electrons. The van der Waals surface area contributed by atoms with Gasteiger partial charge >= 0.3 is 0 Å². The summed E-state index contributed by atoms with van der Waals surface area (Å²) >= 11 is 7.03. The first-order chi connectivity index (χ1) is 16.1. The molecule has 4 aromatic rings. The highest BCUT2D eigenvalue weighted by Gasteiger charge is 2.51. The van der Waals surface area contributed by atoms with Crippen LogP contribution in [0.5, 0.6) is 0 Å². The van der Waals surface area contributed by atoms with Crippen molar-refractivity contribution in [3.63, 3.8) is 0 Å². The third-order valence-corrected chi connectivity index (χ3v) is 7.95. The fraction of sp³-hybridized carbons (Fsp3) is 0.200. The highest BCUT2D eigenvalue weighted by molar-refractivity contribution is 9.10. The van der Waals surface area contributed by atoms with Gasteiger partial charge in [0.2, 0.25) is 0 Å². The molecule has 0 heterocycles. The van der Waals surface area contributed by atoms with E-state index in [-0.39, 0.29) is 5.41 Å². The average Bonchev–Trinajstić information content (AvgIpc) is 2.82. The van der Waals surface area contributed by atoms with Crippen LogP contribution < -0.4 is 0 Å². The minimum atomic E-state index is -1.42. The molecule has 172 valence electrons. The minimum Gasteiger partial charge on any atom is -0.376 e. The second kappa shape index (κ2) is 8.17. The molecule has 2 atom stereocenters. The lowest BCUT2D eigenvalue weighted by molar-refractivity contribution is 0.0746. The van der Waals surface area contributed by atoms with Crippen LogP contribution in [0.4, 0.5) is 0 Å². The zero-order valence-electron chi connectivity index (χ0n) is 19.3. The van der Waals surface area contributed by atoms with Gasteiger partial charge in [-0.1, -0.05) is 119 Å². The quantitative estimate of drug-likeness (QED) is 0.261. The van der Waals surface area contributed by atoms with E-state index >= 15 is 0 Å². The summed E-state index contributed by atoms with van der Waals surface area (Å²) in [5.41, 5.74) is 2.40. The van der Waals surface area contributed by atoms with Crippen molar-refractivity contribution in [1.82, 2.24) is 0 Å². The summed E-state index contributed by atoms with van der Waals surface area (Å²) in [5.74, 6) is 0. The molecule has 0 aliphatic heterocycles. The van der Waals surface area contributed by atoms with Gasteiger partial charge in [-0.3, -0.25) is 0 Å². The molecule has 0 aromatic heterocycles. The Bertz CT molecular complexity index is 1370. The van der Waals surface area contributed by atoms with Crippen molar-refractivity contribution in [2.75, 3.05) is 0 Å². The summed E-state index contributed by atoms with van der Waals surface area (Å²) in [4.78, 5) is 0. The van der Waals surface area contributed by atoms with E-state index in [0.29, 0.717) is 22.3 Å². The van der Waals surface area contributed by atoms with Crippen molar-refractivity contribution in [2.45, 2.75) is 37.4 Å². The Hall–Kier alpha value is -2.24. The van der Waals surface area contributed by atoms with Crippen LogP contribution in [0.3, 0.4) is 0 Å². The van der Waals surface area contributed by atoms with Crippen LogP contribution in [0.25, 0.3) is 0 Å². The average molecular weight is 578 g/mol. The van der Waals surface area contributed by atoms with E-state index in [1.165, 1.54) is 0 Å². The molecule has 2 nitrogen and oxygen atoms in total. The molecule has 0 fully saturated rings. The van der Waals surface area contributed by atoms with Gasteiger partial charge in [-0.2, -0.15) is 0 Å². The Morgan fingerprint density at radius 3 is 1.41 bits per heavy atom. The summed E-state index contributed by atoms with van der Waals surface area (Å²) in [6, 6.07) is 29.3. The van der Waals surface area contributed by atoms with Gasteiger partial charge in [0, 0.05) is 8.95 Å². The molecule has 34 heavy (non-hydrogen) atoms. The third kappa shape index (κ3) is 3.51. The lowest BCUT2D eigenvalue weighted by Crippen LogP contribution is -2.44. The SMILES string of the molecule is CC(C)(C)c1ccc2c(c1)C(O)(c1ccc(Br)cc1)c1ccccc1C2(O)c1ccc(Br)cc1. The highest BCUT2D eigenvalue weighted by atomic mass is 79.9. The van der Waals surface area contributed by atoms with Crippen LogP contribution in [0.1, 0.15) is 59.7 Å². The van der Waals surface area contributed by atoms with Crippen LogP contribution in [0.2, 0.25) is 0 Å². The predicted molar refractivity (Wildman–Crippen MR) is 144 cm³/mol. The van der Waals surface area contributed by atoms with Crippen molar-refractivity contribution < 1.29 is 10.2 Å². The number of hydrogen-bond donors (Lipinski definition) is 2. The van der Waals surface area contributed by atoms with Crippen LogP contribution in [-0.4, -0.2) is 10.2 Å². The van der Waals surface area contributed by atoms with E-state index in [1.54, 1.807) is 0 Å². The minimum absolute atomic E-state index is 0.123. The Labute approximate surface area is 217 Å². The first kappa shape index (κ1) is 23.5. The van der Waals surface area contributed by atoms with Crippen molar-refractivity contribution in [1.29, 1.82) is 0 Å². The largest absolute Gasteiger partial charge is 0.376 e. The molecule has 5 rings (SSSR count). The standard InChI is InChI=1S/C30H26Br2O2/c1-28(2,3)21-12-17-26-27(18-21)30(34,20-10-15-23(32)16-11-20)25-7-5-4-6-24(25)29(26,33)19-8-13-22(31)14-9-19/h4-18,33-34H,1-3H3. The molecule has 4 heteroatoms. The van der Waals surface area contributed by atoms with Gasteiger partial charge < -0.3 is 10.2 Å². The zero-order chi connectivity index (χ0) is 24.3. The molecule has 0 saturated heterocycles. The summed E-state index contributed by atoms with van der Waals surface area (Å²) < 4.78 is 1.89. The van der Waals surface area contributed by atoms with E-state index in [2.05, 4.69) is 64.8 Å². The second-order valence-corrected chi connectivity index (χ2v) is 11.8. The van der Waals surface area contributed by atoms with Crippen molar-refractivity contribution in [2.24, 2.45) is 0 Å². The highest BCUT2D eigenvalue weighted by Crippen LogP contribution is 2.53. The summed E-state index contributed by atoms with van der Waals surface area (Å²) in [5, 5.41) is 25.1. The lowest BCUT2D eigenvalue weighted by Gasteiger charge is -2.45. The molecule has 0 amide bonds. The first-order valence-corrected chi connectivity index (χ1v) is 12.9. The Kier molecular flexibility index (Phi) is 5.64. The Balaban J connectivity index is 1.91. The third-order valence-electron chi connectivity index (χ3n) is 6.90. The Morgan fingerprint density at radius 1 is 0.559 bits per heavy atom. The van der Waals surface area contributed by atoms with E-state index in [9.17, 15) is 10.2 Å². The number of fused-ring (bicyclic) bond motifs is 2. The van der Waals surface area contributed by atoms with Crippen molar-refractivity contribution in [3.8, 4) is 0 Å². The van der Waals surface area contributed by atoms with Gasteiger partial charge in [-0.25, -0.2) is 0 Å². The molecule has 4 aromatic carbocycles. The zero-order valence-corrected chi connectivity index (χ0v) is 22.5.